The molecule has 0 spiro atoms. The average Bonchev–Trinajstić information content (AvgIpc) is 3.78. The molecule has 0 radical (unpaired) electrons. The molecule has 4 heterocycles. The second-order valence-electron chi connectivity index (χ2n) is 11.2. The minimum absolute atomic E-state index is 0.0551. The summed E-state index contributed by atoms with van der Waals surface area (Å²) >= 11 is 0. The number of fused-ring (bicyclic) bond motifs is 1. The first kappa shape index (κ1) is 25.2. The Balaban J connectivity index is 1.39. The van der Waals surface area contributed by atoms with Crippen LogP contribution in [0.3, 0.4) is 0 Å². The van der Waals surface area contributed by atoms with Crippen molar-refractivity contribution in [2.45, 2.75) is 51.1 Å². The van der Waals surface area contributed by atoms with Crippen molar-refractivity contribution in [1.29, 1.82) is 0 Å². The highest BCUT2D eigenvalue weighted by Crippen LogP contribution is 2.44. The van der Waals surface area contributed by atoms with Gasteiger partial charge in [0.15, 0.2) is 11.9 Å². The molecule has 2 aliphatic rings. The van der Waals surface area contributed by atoms with Gasteiger partial charge in [-0.3, -0.25) is 4.98 Å². The molecular formula is C30H33N7O2. The Labute approximate surface area is 227 Å². The number of hydrogen-bond donors (Lipinski definition) is 4. The summed E-state index contributed by atoms with van der Waals surface area (Å²) in [5, 5.41) is 21.3. The van der Waals surface area contributed by atoms with Crippen LogP contribution in [0.1, 0.15) is 56.2 Å². The third-order valence-corrected chi connectivity index (χ3v) is 7.79. The second kappa shape index (κ2) is 10.2. The van der Waals surface area contributed by atoms with E-state index in [1.165, 1.54) is 5.56 Å². The van der Waals surface area contributed by atoms with Crippen LogP contribution in [0.2, 0.25) is 0 Å². The average molecular weight is 524 g/mol. The van der Waals surface area contributed by atoms with Gasteiger partial charge in [-0.1, -0.05) is 44.2 Å². The number of rotatable bonds is 8. The van der Waals surface area contributed by atoms with Crippen molar-refractivity contribution in [3.63, 3.8) is 0 Å². The van der Waals surface area contributed by atoms with E-state index >= 15 is 0 Å². The maximum atomic E-state index is 12.0. The van der Waals surface area contributed by atoms with E-state index in [0.29, 0.717) is 23.1 Å². The molecule has 1 saturated carbocycles. The molecule has 1 aliphatic carbocycles. The number of hydrogen-bond acceptors (Lipinski definition) is 8. The second-order valence-corrected chi connectivity index (χ2v) is 11.2. The minimum Gasteiger partial charge on any atom is -0.479 e. The lowest BCUT2D eigenvalue weighted by molar-refractivity contribution is -0.138. The van der Waals surface area contributed by atoms with Crippen LogP contribution in [-0.2, 0) is 4.79 Å². The summed E-state index contributed by atoms with van der Waals surface area (Å²) in [4.78, 5) is 31.0. The summed E-state index contributed by atoms with van der Waals surface area (Å²) in [6, 6.07) is 12.0. The normalized spacial score (nSPS) is 19.4. The molecule has 1 saturated heterocycles. The fourth-order valence-electron chi connectivity index (χ4n) is 5.38. The molecule has 39 heavy (non-hydrogen) atoms. The summed E-state index contributed by atoms with van der Waals surface area (Å²) in [5.41, 5.74) is 3.46. The molecule has 4 aromatic rings. The highest BCUT2D eigenvalue weighted by atomic mass is 16.4. The van der Waals surface area contributed by atoms with Gasteiger partial charge in [0.25, 0.3) is 0 Å². The van der Waals surface area contributed by atoms with E-state index in [4.69, 9.17) is 9.97 Å². The van der Waals surface area contributed by atoms with E-state index in [-0.39, 0.29) is 11.5 Å². The Morgan fingerprint density at radius 1 is 1.10 bits per heavy atom. The van der Waals surface area contributed by atoms with Crippen molar-refractivity contribution < 1.29 is 9.90 Å². The maximum absolute atomic E-state index is 12.0. The topological polar surface area (TPSA) is 125 Å². The Hall–Kier alpha value is -4.11. The van der Waals surface area contributed by atoms with E-state index < -0.39 is 12.0 Å². The van der Waals surface area contributed by atoms with Gasteiger partial charge in [0.2, 0.25) is 0 Å². The van der Waals surface area contributed by atoms with Gasteiger partial charge < -0.3 is 21.1 Å². The Bertz CT molecular complexity index is 1500. The van der Waals surface area contributed by atoms with E-state index in [2.05, 4.69) is 39.8 Å². The zero-order valence-electron chi connectivity index (χ0n) is 22.2. The molecule has 9 heteroatoms. The maximum Gasteiger partial charge on any atom is 0.330 e. The summed E-state index contributed by atoms with van der Waals surface area (Å²) in [6.07, 6.45) is 8.74. The predicted molar refractivity (Wildman–Crippen MR) is 152 cm³/mol. The third-order valence-electron chi connectivity index (χ3n) is 7.79. The number of carboxylic acid groups (broad SMARTS) is 1. The zero-order chi connectivity index (χ0) is 27.0. The van der Waals surface area contributed by atoms with Crippen LogP contribution in [0, 0.1) is 5.41 Å². The fourth-order valence-corrected chi connectivity index (χ4v) is 5.38. The lowest BCUT2D eigenvalue weighted by atomic mass is 9.80. The number of carbonyl (C=O) groups is 1. The predicted octanol–water partition coefficient (Wildman–Crippen LogP) is 5.00. The van der Waals surface area contributed by atoms with Gasteiger partial charge in [0, 0.05) is 35.9 Å². The molecule has 6 rings (SSSR count). The molecule has 2 atom stereocenters. The van der Waals surface area contributed by atoms with E-state index in [1.54, 1.807) is 30.6 Å². The number of benzene rings is 1. The van der Waals surface area contributed by atoms with Crippen molar-refractivity contribution in [2.24, 2.45) is 5.41 Å². The van der Waals surface area contributed by atoms with Gasteiger partial charge in [-0.2, -0.15) is 0 Å². The van der Waals surface area contributed by atoms with Crippen LogP contribution in [0.25, 0.3) is 22.3 Å². The minimum atomic E-state index is -0.981. The van der Waals surface area contributed by atoms with E-state index in [9.17, 15) is 9.90 Å². The van der Waals surface area contributed by atoms with Crippen LogP contribution >= 0.6 is 0 Å². The van der Waals surface area contributed by atoms with Crippen LogP contribution in [-0.4, -0.2) is 50.1 Å². The molecule has 0 amide bonds. The van der Waals surface area contributed by atoms with Crippen molar-refractivity contribution in [2.75, 3.05) is 23.7 Å². The van der Waals surface area contributed by atoms with E-state index in [1.807, 2.05) is 30.5 Å². The Morgan fingerprint density at radius 2 is 1.92 bits per heavy atom. The van der Waals surface area contributed by atoms with Crippen molar-refractivity contribution in [3.05, 3.63) is 72.2 Å². The smallest absolute Gasteiger partial charge is 0.330 e. The van der Waals surface area contributed by atoms with Crippen LogP contribution in [0.4, 0.5) is 11.6 Å². The number of pyridine rings is 2. The third kappa shape index (κ3) is 5.27. The number of aliphatic carboxylic acids is 1. The molecule has 1 aromatic carbocycles. The lowest BCUT2D eigenvalue weighted by Gasteiger charge is -2.40. The van der Waals surface area contributed by atoms with Gasteiger partial charge in [-0.05, 0) is 60.4 Å². The van der Waals surface area contributed by atoms with Gasteiger partial charge >= 0.3 is 5.97 Å². The van der Waals surface area contributed by atoms with Gasteiger partial charge in [-0.25, -0.2) is 19.7 Å². The highest BCUT2D eigenvalue weighted by molar-refractivity contribution is 5.93. The summed E-state index contributed by atoms with van der Waals surface area (Å²) < 4.78 is 0. The zero-order valence-corrected chi connectivity index (χ0v) is 22.2. The Morgan fingerprint density at radius 3 is 2.67 bits per heavy atom. The molecule has 9 nitrogen and oxygen atoms in total. The molecule has 200 valence electrons. The lowest BCUT2D eigenvalue weighted by Crippen LogP contribution is -2.49. The van der Waals surface area contributed by atoms with Gasteiger partial charge in [-0.15, -0.1) is 0 Å². The first-order valence-electron chi connectivity index (χ1n) is 13.5. The molecule has 3 aromatic heterocycles. The monoisotopic (exact) mass is 523 g/mol. The number of nitrogens with zero attached hydrogens (tertiary/aromatic N) is 4. The van der Waals surface area contributed by atoms with Gasteiger partial charge in [0.1, 0.15) is 11.6 Å². The number of anilines is 2. The fraction of sp³-hybridized carbons (Fsp3) is 0.367. The van der Waals surface area contributed by atoms with Crippen molar-refractivity contribution in [3.8, 4) is 11.4 Å². The number of carboxylic acids is 1. The van der Waals surface area contributed by atoms with Crippen molar-refractivity contribution in [1.82, 2.24) is 25.3 Å². The molecule has 1 aliphatic heterocycles. The SMILES string of the molecule is CC1(C)CNCC[C@@H]1Nc1nc(-c2ccnc(NC(C(=O)O)c3ccccc3)c2)nc2cncc(C3CC3)c12. The van der Waals surface area contributed by atoms with Crippen LogP contribution in [0.5, 0.6) is 0 Å². The van der Waals surface area contributed by atoms with E-state index in [0.717, 1.165) is 54.6 Å². The highest BCUT2D eigenvalue weighted by Gasteiger charge is 2.34. The van der Waals surface area contributed by atoms with Crippen LogP contribution < -0.4 is 16.0 Å². The van der Waals surface area contributed by atoms with Gasteiger partial charge in [0.05, 0.1) is 11.7 Å². The summed E-state index contributed by atoms with van der Waals surface area (Å²) in [6.45, 7) is 6.44. The molecular weight excluding hydrogens is 490 g/mol. The van der Waals surface area contributed by atoms with Crippen molar-refractivity contribution >= 4 is 28.5 Å². The first-order valence-corrected chi connectivity index (χ1v) is 13.5. The molecule has 1 unspecified atom stereocenters. The molecule has 0 bridgehead atoms. The number of aromatic nitrogens is 4. The largest absolute Gasteiger partial charge is 0.479 e. The quantitative estimate of drug-likeness (QED) is 0.252. The number of piperidine rings is 1. The standard InChI is InChI=1S/C30H33N7O2/c1-30(2)17-31-12-11-23(30)35-28-25-21(18-8-9-18)15-32-16-22(25)34-27(37-28)20-10-13-33-24(14-20)36-26(29(38)39)19-6-4-3-5-7-19/h3-7,10,13-16,18,23,26,31H,8-9,11-12,17H2,1-2H3,(H,33,36)(H,38,39)(H,34,35,37)/t23-,26?/m0/s1. The Kier molecular flexibility index (Phi) is 6.60. The molecule has 2 fully saturated rings. The first-order chi connectivity index (χ1) is 18.9. The van der Waals surface area contributed by atoms with Crippen LogP contribution in [0.15, 0.2) is 61.1 Å². The molecule has 4 N–H and O–H groups in total. The summed E-state index contributed by atoms with van der Waals surface area (Å²) in [7, 11) is 0. The summed E-state index contributed by atoms with van der Waals surface area (Å²) in [5.74, 6) is 1.33. The number of nitrogens with one attached hydrogen (secondary N) is 3.